The van der Waals surface area contributed by atoms with Crippen LogP contribution >= 0.6 is 15.9 Å². The quantitative estimate of drug-likeness (QED) is 0.579. The summed E-state index contributed by atoms with van der Waals surface area (Å²) in [6.07, 6.45) is 3.94. The first-order valence-corrected chi connectivity index (χ1v) is 9.24. The molecule has 0 unspecified atom stereocenters. The van der Waals surface area contributed by atoms with E-state index in [1.807, 2.05) is 24.3 Å². The Morgan fingerprint density at radius 3 is 2.69 bits per heavy atom. The van der Waals surface area contributed by atoms with Crippen LogP contribution in [0.1, 0.15) is 42.3 Å². The predicted octanol–water partition coefficient (Wildman–Crippen LogP) is 4.84. The van der Waals surface area contributed by atoms with Gasteiger partial charge in [-0.2, -0.15) is 5.10 Å². The summed E-state index contributed by atoms with van der Waals surface area (Å²) >= 11 is 3.37. The number of rotatable bonds is 3. The lowest BCUT2D eigenvalue weighted by atomic mass is 9.89. The molecule has 2 aromatic rings. The number of hydrogen-bond acceptors (Lipinski definition) is 3. The number of amides is 1. The van der Waals surface area contributed by atoms with Gasteiger partial charge in [-0.3, -0.25) is 4.79 Å². The zero-order valence-corrected chi connectivity index (χ0v) is 17.0. The van der Waals surface area contributed by atoms with Gasteiger partial charge in [-0.1, -0.05) is 24.3 Å². The van der Waals surface area contributed by atoms with Crippen molar-refractivity contribution in [3.8, 4) is 0 Å². The average Bonchev–Trinajstić information content (AvgIpc) is 2.60. The monoisotopic (exact) mass is 411 g/mol. The third-order valence-electron chi connectivity index (χ3n) is 4.74. The zero-order chi connectivity index (χ0) is 18.9. The molecule has 0 aromatic heterocycles. The van der Waals surface area contributed by atoms with E-state index in [1.54, 1.807) is 12.3 Å². The molecule has 1 heterocycles. The van der Waals surface area contributed by atoms with Crippen LogP contribution in [0.25, 0.3) is 5.57 Å². The maximum atomic E-state index is 12.2. The van der Waals surface area contributed by atoms with E-state index in [0.717, 1.165) is 10.0 Å². The number of nitrogens with one attached hydrogen (secondary N) is 1. The molecule has 1 aliphatic rings. The highest BCUT2D eigenvalue weighted by molar-refractivity contribution is 9.10. The first-order valence-electron chi connectivity index (χ1n) is 8.45. The molecule has 0 aliphatic carbocycles. The Hall–Kier alpha value is -2.40. The maximum Gasteiger partial charge on any atom is 0.272 e. The smallest absolute Gasteiger partial charge is 0.272 e. The molecular formula is C21H22BrN3O. The number of anilines is 1. The van der Waals surface area contributed by atoms with Crippen LogP contribution in [0.2, 0.25) is 0 Å². The Labute approximate surface area is 162 Å². The first-order chi connectivity index (χ1) is 12.3. The van der Waals surface area contributed by atoms with Crippen molar-refractivity contribution >= 4 is 39.3 Å². The number of nitrogens with zero attached hydrogens (tertiary/aromatic N) is 2. The highest BCUT2D eigenvalue weighted by Crippen LogP contribution is 2.37. The molecule has 1 aliphatic heterocycles. The molecular weight excluding hydrogens is 390 g/mol. The van der Waals surface area contributed by atoms with Gasteiger partial charge in [0.1, 0.15) is 0 Å². The van der Waals surface area contributed by atoms with Gasteiger partial charge in [-0.05, 0) is 72.1 Å². The number of hydrogen-bond donors (Lipinski definition) is 1. The molecule has 0 saturated heterocycles. The molecule has 0 atom stereocenters. The number of likely N-dealkylation sites (N-methyl/N-ethyl adjacent to an activating group) is 1. The van der Waals surface area contributed by atoms with Crippen molar-refractivity contribution in [2.75, 3.05) is 11.9 Å². The van der Waals surface area contributed by atoms with Gasteiger partial charge in [-0.15, -0.1) is 0 Å². The number of allylic oxidation sites excluding steroid dienone is 1. The van der Waals surface area contributed by atoms with E-state index in [2.05, 4.69) is 77.4 Å². The Morgan fingerprint density at radius 1 is 1.23 bits per heavy atom. The summed E-state index contributed by atoms with van der Waals surface area (Å²) in [4.78, 5) is 14.5. The van der Waals surface area contributed by atoms with Crippen LogP contribution in [0.15, 0.2) is 58.1 Å². The lowest BCUT2D eigenvalue weighted by Gasteiger charge is -2.40. The van der Waals surface area contributed by atoms with E-state index in [9.17, 15) is 4.79 Å². The fourth-order valence-corrected chi connectivity index (χ4v) is 3.59. The summed E-state index contributed by atoms with van der Waals surface area (Å²) in [5.41, 5.74) is 7.69. The fourth-order valence-electron chi connectivity index (χ4n) is 3.13. The van der Waals surface area contributed by atoms with Crippen LogP contribution in [-0.2, 0) is 0 Å². The molecule has 1 N–H and O–H groups in total. The van der Waals surface area contributed by atoms with Crippen molar-refractivity contribution in [3.63, 3.8) is 0 Å². The lowest BCUT2D eigenvalue weighted by molar-refractivity contribution is 0.0954. The molecule has 134 valence electrons. The summed E-state index contributed by atoms with van der Waals surface area (Å²) in [5.74, 6) is -0.246. The van der Waals surface area contributed by atoms with Gasteiger partial charge in [0, 0.05) is 22.8 Å². The highest BCUT2D eigenvalue weighted by Gasteiger charge is 2.28. The Morgan fingerprint density at radius 2 is 1.96 bits per heavy atom. The number of carbonyl (C=O) groups is 1. The van der Waals surface area contributed by atoms with Crippen molar-refractivity contribution in [2.24, 2.45) is 5.10 Å². The van der Waals surface area contributed by atoms with Crippen molar-refractivity contribution < 1.29 is 4.79 Å². The van der Waals surface area contributed by atoms with Gasteiger partial charge in [0.2, 0.25) is 0 Å². The minimum Gasteiger partial charge on any atom is -0.366 e. The molecule has 3 rings (SSSR count). The van der Waals surface area contributed by atoms with Gasteiger partial charge in [0.15, 0.2) is 0 Å². The minimum absolute atomic E-state index is 0.0102. The van der Waals surface area contributed by atoms with Gasteiger partial charge >= 0.3 is 0 Å². The minimum atomic E-state index is -0.246. The second-order valence-electron chi connectivity index (χ2n) is 7.00. The third-order valence-corrected chi connectivity index (χ3v) is 5.43. The van der Waals surface area contributed by atoms with Crippen molar-refractivity contribution in [3.05, 3.63) is 69.7 Å². The first kappa shape index (κ1) is 18.4. The summed E-state index contributed by atoms with van der Waals surface area (Å²) in [6, 6.07) is 13.5. The molecule has 0 radical (unpaired) electrons. The third kappa shape index (κ3) is 3.58. The zero-order valence-electron chi connectivity index (χ0n) is 15.4. The van der Waals surface area contributed by atoms with Crippen molar-refractivity contribution in [2.45, 2.75) is 26.3 Å². The van der Waals surface area contributed by atoms with Crippen molar-refractivity contribution in [1.82, 2.24) is 5.43 Å². The highest BCUT2D eigenvalue weighted by atomic mass is 79.9. The normalized spacial score (nSPS) is 15.6. The van der Waals surface area contributed by atoms with E-state index >= 15 is 0 Å². The van der Waals surface area contributed by atoms with Crippen LogP contribution in [0.5, 0.6) is 0 Å². The summed E-state index contributed by atoms with van der Waals surface area (Å²) < 4.78 is 0.743. The van der Waals surface area contributed by atoms with E-state index < -0.39 is 0 Å². The second-order valence-corrected chi connectivity index (χ2v) is 7.85. The summed E-state index contributed by atoms with van der Waals surface area (Å²) in [6.45, 7) is 6.53. The molecule has 26 heavy (non-hydrogen) atoms. The Balaban J connectivity index is 1.78. The summed E-state index contributed by atoms with van der Waals surface area (Å²) in [5, 5.41) is 4.10. The molecule has 0 saturated carbocycles. The fraction of sp³-hybridized carbons (Fsp3) is 0.238. The van der Waals surface area contributed by atoms with Crippen LogP contribution < -0.4 is 10.3 Å². The molecule has 5 heteroatoms. The number of carbonyl (C=O) groups excluding carboxylic acids is 1. The van der Waals surface area contributed by atoms with E-state index in [-0.39, 0.29) is 11.4 Å². The number of hydrazone groups is 1. The number of benzene rings is 2. The predicted molar refractivity (Wildman–Crippen MR) is 112 cm³/mol. The largest absolute Gasteiger partial charge is 0.366 e. The van der Waals surface area contributed by atoms with Gasteiger partial charge < -0.3 is 4.90 Å². The van der Waals surface area contributed by atoms with Gasteiger partial charge in [-0.25, -0.2) is 5.43 Å². The Kier molecular flexibility index (Phi) is 5.01. The topological polar surface area (TPSA) is 44.7 Å². The van der Waals surface area contributed by atoms with Crippen LogP contribution in [0, 0.1) is 0 Å². The molecule has 2 aromatic carbocycles. The van der Waals surface area contributed by atoms with Crippen LogP contribution in [-0.4, -0.2) is 24.7 Å². The Bertz CT molecular complexity index is 915. The summed E-state index contributed by atoms with van der Waals surface area (Å²) in [7, 11) is 2.10. The SMILES string of the molecule is CC1=CC(C)(C)N(C)c2ccc(/C=N/NC(=O)c3ccccc3Br)cc21. The molecule has 0 spiro atoms. The molecule has 0 fully saturated rings. The lowest BCUT2D eigenvalue weighted by Crippen LogP contribution is -2.42. The van der Waals surface area contributed by atoms with E-state index in [4.69, 9.17) is 0 Å². The van der Waals surface area contributed by atoms with Crippen LogP contribution in [0.4, 0.5) is 5.69 Å². The maximum absolute atomic E-state index is 12.2. The van der Waals surface area contributed by atoms with Crippen molar-refractivity contribution in [1.29, 1.82) is 0 Å². The van der Waals surface area contributed by atoms with Crippen LogP contribution in [0.3, 0.4) is 0 Å². The van der Waals surface area contributed by atoms with Gasteiger partial charge in [0.25, 0.3) is 5.91 Å². The molecule has 1 amide bonds. The van der Waals surface area contributed by atoms with Gasteiger partial charge in [0.05, 0.1) is 17.3 Å². The average molecular weight is 412 g/mol. The van der Waals surface area contributed by atoms with E-state index in [0.29, 0.717) is 5.56 Å². The molecule has 0 bridgehead atoms. The number of halogens is 1. The number of fused-ring (bicyclic) bond motifs is 1. The second kappa shape index (κ2) is 7.08. The standard InChI is InChI=1S/C21H22BrN3O/c1-14-12-21(2,3)25(4)19-10-9-15(11-17(14)19)13-23-24-20(26)16-7-5-6-8-18(16)22/h5-13H,1-4H3,(H,24,26)/b23-13+. The molecule has 4 nitrogen and oxygen atoms in total. The van der Waals surface area contributed by atoms with E-state index in [1.165, 1.54) is 16.8 Å².